The number of benzene rings is 1. The molecule has 1 aromatic heterocycles. The highest BCUT2D eigenvalue weighted by molar-refractivity contribution is 5.85. The molecule has 3 nitrogen and oxygen atoms in total. The second-order valence-corrected chi connectivity index (χ2v) is 3.43. The van der Waals surface area contributed by atoms with Crippen molar-refractivity contribution < 1.29 is 0 Å². The van der Waals surface area contributed by atoms with Crippen LogP contribution in [0.3, 0.4) is 0 Å². The molecule has 0 aliphatic heterocycles. The zero-order valence-electron chi connectivity index (χ0n) is 8.77. The van der Waals surface area contributed by atoms with E-state index in [9.17, 15) is 0 Å². The van der Waals surface area contributed by atoms with Crippen LogP contribution in [0, 0.1) is 13.8 Å². The van der Waals surface area contributed by atoms with E-state index in [1.807, 2.05) is 23.7 Å². The monoisotopic (exact) mass is 223 g/mol. The lowest BCUT2D eigenvalue weighted by molar-refractivity contribution is 0.847. The fourth-order valence-electron chi connectivity index (χ4n) is 1.37. The van der Waals surface area contributed by atoms with Crippen molar-refractivity contribution in [1.29, 1.82) is 0 Å². The molecule has 0 aliphatic carbocycles. The summed E-state index contributed by atoms with van der Waals surface area (Å²) in [6.07, 6.45) is 1.68. The van der Waals surface area contributed by atoms with Gasteiger partial charge in [-0.25, -0.2) is 4.68 Å². The second-order valence-electron chi connectivity index (χ2n) is 3.43. The lowest BCUT2D eigenvalue weighted by Crippen LogP contribution is -1.99. The number of aryl methyl sites for hydroxylation is 1. The molecule has 0 unspecified atom stereocenters. The maximum absolute atomic E-state index is 5.72. The Bertz CT molecular complexity index is 445. The highest BCUT2D eigenvalue weighted by Gasteiger charge is 2.03. The van der Waals surface area contributed by atoms with E-state index in [2.05, 4.69) is 24.2 Å². The van der Waals surface area contributed by atoms with Crippen molar-refractivity contribution in [3.05, 3.63) is 41.7 Å². The second kappa shape index (κ2) is 4.36. The summed E-state index contributed by atoms with van der Waals surface area (Å²) >= 11 is 0. The van der Waals surface area contributed by atoms with Gasteiger partial charge in [0.2, 0.25) is 0 Å². The van der Waals surface area contributed by atoms with Gasteiger partial charge in [0, 0.05) is 0 Å². The SMILES string of the molecule is Cc1ccc(-n2ncc(N)c2C)cc1.Cl. The van der Waals surface area contributed by atoms with E-state index in [1.54, 1.807) is 6.20 Å². The number of anilines is 1. The van der Waals surface area contributed by atoms with Gasteiger partial charge in [0.15, 0.2) is 0 Å². The Morgan fingerprint density at radius 2 is 1.73 bits per heavy atom. The minimum Gasteiger partial charge on any atom is -0.396 e. The predicted octanol–water partition coefficient (Wildman–Crippen LogP) is 2.49. The van der Waals surface area contributed by atoms with Crippen molar-refractivity contribution in [2.45, 2.75) is 13.8 Å². The summed E-state index contributed by atoms with van der Waals surface area (Å²) in [4.78, 5) is 0. The molecule has 0 aliphatic rings. The Kier molecular flexibility index (Phi) is 3.37. The van der Waals surface area contributed by atoms with Crippen molar-refractivity contribution in [3.63, 3.8) is 0 Å². The Morgan fingerprint density at radius 1 is 1.13 bits per heavy atom. The van der Waals surface area contributed by atoms with Gasteiger partial charge in [-0.15, -0.1) is 12.4 Å². The minimum absolute atomic E-state index is 0. The first kappa shape index (κ1) is 11.6. The van der Waals surface area contributed by atoms with Crippen molar-refractivity contribution in [2.24, 2.45) is 0 Å². The quantitative estimate of drug-likeness (QED) is 0.807. The standard InChI is InChI=1S/C11H13N3.ClH/c1-8-3-5-10(6-4-8)14-9(2)11(12)7-13-14;/h3-7H,12H2,1-2H3;1H. The van der Waals surface area contributed by atoms with Crippen LogP contribution >= 0.6 is 12.4 Å². The molecule has 4 heteroatoms. The van der Waals surface area contributed by atoms with E-state index in [4.69, 9.17) is 5.73 Å². The molecule has 1 aromatic carbocycles. The zero-order chi connectivity index (χ0) is 10.1. The molecule has 0 fully saturated rings. The zero-order valence-corrected chi connectivity index (χ0v) is 9.58. The molecule has 0 spiro atoms. The Balaban J connectivity index is 0.00000112. The number of hydrogen-bond acceptors (Lipinski definition) is 2. The fraction of sp³-hybridized carbons (Fsp3) is 0.182. The van der Waals surface area contributed by atoms with Gasteiger partial charge in [0.25, 0.3) is 0 Å². The van der Waals surface area contributed by atoms with E-state index in [0.29, 0.717) is 0 Å². The third-order valence-corrected chi connectivity index (χ3v) is 2.33. The third-order valence-electron chi connectivity index (χ3n) is 2.33. The normalized spacial score (nSPS) is 9.73. The van der Waals surface area contributed by atoms with Crippen LogP contribution in [-0.2, 0) is 0 Å². The van der Waals surface area contributed by atoms with Crippen LogP contribution in [0.1, 0.15) is 11.3 Å². The summed E-state index contributed by atoms with van der Waals surface area (Å²) in [6, 6.07) is 8.20. The number of nitrogens with two attached hydrogens (primary N) is 1. The summed E-state index contributed by atoms with van der Waals surface area (Å²) in [5.41, 5.74) is 9.72. The molecule has 0 amide bonds. The maximum Gasteiger partial charge on any atom is 0.0734 e. The summed E-state index contributed by atoms with van der Waals surface area (Å²) in [5.74, 6) is 0. The average molecular weight is 224 g/mol. The molecule has 0 saturated carbocycles. The molecule has 80 valence electrons. The lowest BCUT2D eigenvalue weighted by atomic mass is 10.2. The van der Waals surface area contributed by atoms with Gasteiger partial charge in [-0.1, -0.05) is 17.7 Å². The van der Waals surface area contributed by atoms with Gasteiger partial charge in [-0.05, 0) is 26.0 Å². The smallest absolute Gasteiger partial charge is 0.0734 e. The molecule has 0 radical (unpaired) electrons. The van der Waals surface area contributed by atoms with Gasteiger partial charge < -0.3 is 5.73 Å². The van der Waals surface area contributed by atoms with Gasteiger partial charge in [-0.3, -0.25) is 0 Å². The summed E-state index contributed by atoms with van der Waals surface area (Å²) in [6.45, 7) is 4.02. The lowest BCUT2D eigenvalue weighted by Gasteiger charge is -2.04. The van der Waals surface area contributed by atoms with Gasteiger partial charge in [0.05, 0.1) is 23.3 Å². The first-order valence-corrected chi connectivity index (χ1v) is 4.55. The Hall–Kier alpha value is -1.48. The fourth-order valence-corrected chi connectivity index (χ4v) is 1.37. The molecule has 2 N–H and O–H groups in total. The van der Waals surface area contributed by atoms with Crippen LogP contribution in [0.2, 0.25) is 0 Å². The van der Waals surface area contributed by atoms with E-state index >= 15 is 0 Å². The molecular formula is C11H14ClN3. The average Bonchev–Trinajstić information content (AvgIpc) is 2.50. The van der Waals surface area contributed by atoms with E-state index in [-0.39, 0.29) is 12.4 Å². The molecule has 0 atom stereocenters. The van der Waals surface area contributed by atoms with Gasteiger partial charge in [0.1, 0.15) is 0 Å². The number of rotatable bonds is 1. The highest BCUT2D eigenvalue weighted by Crippen LogP contribution is 2.15. The summed E-state index contributed by atoms with van der Waals surface area (Å²) < 4.78 is 1.84. The first-order chi connectivity index (χ1) is 6.68. The highest BCUT2D eigenvalue weighted by atomic mass is 35.5. The number of halogens is 1. The van der Waals surface area contributed by atoms with Crippen molar-refractivity contribution in [3.8, 4) is 5.69 Å². The molecule has 0 saturated heterocycles. The number of aromatic nitrogens is 2. The predicted molar refractivity (Wildman–Crippen MR) is 64.7 cm³/mol. The van der Waals surface area contributed by atoms with E-state index < -0.39 is 0 Å². The Labute approximate surface area is 95.3 Å². The van der Waals surface area contributed by atoms with E-state index in [1.165, 1.54) is 5.56 Å². The van der Waals surface area contributed by atoms with Gasteiger partial charge >= 0.3 is 0 Å². The van der Waals surface area contributed by atoms with Crippen LogP contribution in [0.4, 0.5) is 5.69 Å². The molecule has 15 heavy (non-hydrogen) atoms. The Morgan fingerprint density at radius 3 is 2.20 bits per heavy atom. The third kappa shape index (κ3) is 2.13. The van der Waals surface area contributed by atoms with Crippen molar-refractivity contribution in [1.82, 2.24) is 9.78 Å². The topological polar surface area (TPSA) is 43.8 Å². The molecular weight excluding hydrogens is 210 g/mol. The maximum atomic E-state index is 5.72. The van der Waals surface area contributed by atoms with Crippen LogP contribution in [0.5, 0.6) is 0 Å². The van der Waals surface area contributed by atoms with Crippen LogP contribution in [-0.4, -0.2) is 9.78 Å². The van der Waals surface area contributed by atoms with Crippen molar-refractivity contribution >= 4 is 18.1 Å². The first-order valence-electron chi connectivity index (χ1n) is 4.55. The van der Waals surface area contributed by atoms with Crippen LogP contribution in [0.15, 0.2) is 30.5 Å². The summed E-state index contributed by atoms with van der Waals surface area (Å²) in [7, 11) is 0. The molecule has 0 bridgehead atoms. The molecule has 2 rings (SSSR count). The van der Waals surface area contributed by atoms with Crippen LogP contribution in [0.25, 0.3) is 5.69 Å². The number of hydrogen-bond donors (Lipinski definition) is 1. The van der Waals surface area contributed by atoms with E-state index in [0.717, 1.165) is 17.1 Å². The molecule has 1 heterocycles. The number of nitrogens with zero attached hydrogens (tertiary/aromatic N) is 2. The largest absolute Gasteiger partial charge is 0.396 e. The molecule has 2 aromatic rings. The summed E-state index contributed by atoms with van der Waals surface area (Å²) in [5, 5.41) is 4.21. The minimum atomic E-state index is 0. The van der Waals surface area contributed by atoms with Crippen LogP contribution < -0.4 is 5.73 Å². The number of nitrogen functional groups attached to an aromatic ring is 1. The van der Waals surface area contributed by atoms with Crippen molar-refractivity contribution in [2.75, 3.05) is 5.73 Å². The van der Waals surface area contributed by atoms with Gasteiger partial charge in [-0.2, -0.15) is 5.10 Å².